The van der Waals surface area contributed by atoms with Gasteiger partial charge in [0.15, 0.2) is 0 Å². The summed E-state index contributed by atoms with van der Waals surface area (Å²) in [6.45, 7) is 5.63. The predicted octanol–water partition coefficient (Wildman–Crippen LogP) is 2.71. The van der Waals surface area contributed by atoms with Crippen LogP contribution in [0.4, 0.5) is 0 Å². The van der Waals surface area contributed by atoms with Gasteiger partial charge in [-0.2, -0.15) is 0 Å². The Morgan fingerprint density at radius 3 is 2.42 bits per heavy atom. The Kier molecular flexibility index (Phi) is 7.53. The average Bonchev–Trinajstić information content (AvgIpc) is 2.42. The van der Waals surface area contributed by atoms with Crippen LogP contribution in [0, 0.1) is 5.92 Å². The lowest BCUT2D eigenvalue weighted by molar-refractivity contribution is 0.248. The fourth-order valence-electron chi connectivity index (χ4n) is 2.15. The molecule has 0 aliphatic heterocycles. The van der Waals surface area contributed by atoms with Gasteiger partial charge in [-0.25, -0.2) is 0 Å². The molecule has 0 saturated heterocycles. The van der Waals surface area contributed by atoms with Crippen molar-refractivity contribution in [3.05, 3.63) is 29.8 Å². The van der Waals surface area contributed by atoms with Gasteiger partial charge in [-0.3, -0.25) is 0 Å². The van der Waals surface area contributed by atoms with Gasteiger partial charge < -0.3 is 15.5 Å². The van der Waals surface area contributed by atoms with Crippen LogP contribution in [-0.2, 0) is 6.42 Å². The summed E-state index contributed by atoms with van der Waals surface area (Å²) in [5.74, 6) is 0.894. The van der Waals surface area contributed by atoms with Crippen LogP contribution in [0.2, 0.25) is 0 Å². The molecule has 19 heavy (non-hydrogen) atoms. The Morgan fingerprint density at radius 2 is 1.84 bits per heavy atom. The minimum Gasteiger partial charge on any atom is -0.508 e. The Balaban J connectivity index is 2.23. The summed E-state index contributed by atoms with van der Waals surface area (Å²) in [6.07, 6.45) is 4.10. The first-order valence-electron chi connectivity index (χ1n) is 7.27. The van der Waals surface area contributed by atoms with Gasteiger partial charge in [0.25, 0.3) is 0 Å². The molecule has 0 saturated carbocycles. The second-order valence-corrected chi connectivity index (χ2v) is 5.30. The number of aryl methyl sites for hydroxylation is 1. The Labute approximate surface area is 116 Å². The van der Waals surface area contributed by atoms with E-state index >= 15 is 0 Å². The third-order valence-corrected chi connectivity index (χ3v) is 3.67. The van der Waals surface area contributed by atoms with E-state index in [9.17, 15) is 5.11 Å². The number of aromatic hydroxyl groups is 1. The zero-order valence-electron chi connectivity index (χ0n) is 12.1. The van der Waals surface area contributed by atoms with E-state index in [1.165, 1.54) is 5.56 Å². The van der Waals surface area contributed by atoms with Crippen LogP contribution in [0.3, 0.4) is 0 Å². The van der Waals surface area contributed by atoms with E-state index in [1.54, 1.807) is 12.1 Å². The third kappa shape index (κ3) is 6.60. The summed E-state index contributed by atoms with van der Waals surface area (Å²) in [5.41, 5.74) is 1.26. The smallest absolute Gasteiger partial charge is 0.115 e. The lowest BCUT2D eigenvalue weighted by Crippen LogP contribution is -2.31. The van der Waals surface area contributed by atoms with E-state index in [1.807, 2.05) is 12.1 Å². The topological polar surface area (TPSA) is 52.5 Å². The zero-order chi connectivity index (χ0) is 14.1. The van der Waals surface area contributed by atoms with Crippen LogP contribution in [0.25, 0.3) is 0 Å². The second kappa shape index (κ2) is 8.94. The molecule has 0 spiro atoms. The Hall–Kier alpha value is -1.06. The number of rotatable bonds is 9. The lowest BCUT2D eigenvalue weighted by atomic mass is 10.0. The lowest BCUT2D eigenvalue weighted by Gasteiger charge is -2.19. The standard InChI is InChI=1S/C16H27NO2/c1-3-14(10-11-18)12-17-13(2)4-5-15-6-8-16(19)9-7-15/h6-9,13-14,17-19H,3-5,10-12H2,1-2H3. The van der Waals surface area contributed by atoms with Crippen molar-refractivity contribution in [1.29, 1.82) is 0 Å². The molecule has 0 bridgehead atoms. The number of aliphatic hydroxyl groups is 1. The molecule has 1 rings (SSSR count). The van der Waals surface area contributed by atoms with Gasteiger partial charge in [0.2, 0.25) is 0 Å². The van der Waals surface area contributed by atoms with E-state index in [0.29, 0.717) is 17.7 Å². The van der Waals surface area contributed by atoms with Crippen LogP contribution in [0.1, 0.15) is 38.7 Å². The van der Waals surface area contributed by atoms with Crippen molar-refractivity contribution >= 4 is 0 Å². The molecule has 1 aromatic rings. The van der Waals surface area contributed by atoms with E-state index in [-0.39, 0.29) is 6.61 Å². The van der Waals surface area contributed by atoms with E-state index in [0.717, 1.165) is 32.2 Å². The normalized spacial score (nSPS) is 14.3. The van der Waals surface area contributed by atoms with Crippen LogP contribution in [0.15, 0.2) is 24.3 Å². The van der Waals surface area contributed by atoms with Gasteiger partial charge in [0.1, 0.15) is 5.75 Å². The zero-order valence-corrected chi connectivity index (χ0v) is 12.1. The van der Waals surface area contributed by atoms with Gasteiger partial charge in [-0.1, -0.05) is 25.5 Å². The second-order valence-electron chi connectivity index (χ2n) is 5.30. The Bertz CT molecular complexity index is 337. The van der Waals surface area contributed by atoms with Gasteiger partial charge in [-0.05, 0) is 56.3 Å². The molecule has 3 N–H and O–H groups in total. The first-order chi connectivity index (χ1) is 9.15. The maximum atomic E-state index is 9.22. The van der Waals surface area contributed by atoms with Gasteiger partial charge in [-0.15, -0.1) is 0 Å². The first kappa shape index (κ1) is 16.0. The SMILES string of the molecule is CCC(CCO)CNC(C)CCc1ccc(O)cc1. The molecule has 0 aliphatic rings. The van der Waals surface area contributed by atoms with Crippen molar-refractivity contribution < 1.29 is 10.2 Å². The van der Waals surface area contributed by atoms with Crippen molar-refractivity contribution in [1.82, 2.24) is 5.32 Å². The van der Waals surface area contributed by atoms with Crippen molar-refractivity contribution in [2.75, 3.05) is 13.2 Å². The summed E-state index contributed by atoms with van der Waals surface area (Å²) in [4.78, 5) is 0. The largest absolute Gasteiger partial charge is 0.508 e. The molecular formula is C16H27NO2. The van der Waals surface area contributed by atoms with Crippen LogP contribution >= 0.6 is 0 Å². The molecule has 3 heteroatoms. The molecular weight excluding hydrogens is 238 g/mol. The summed E-state index contributed by atoms with van der Waals surface area (Å²) in [6, 6.07) is 7.90. The first-order valence-corrected chi connectivity index (χ1v) is 7.27. The average molecular weight is 265 g/mol. The molecule has 0 aliphatic carbocycles. The van der Waals surface area contributed by atoms with Crippen molar-refractivity contribution in [2.45, 2.75) is 45.6 Å². The van der Waals surface area contributed by atoms with Gasteiger partial charge >= 0.3 is 0 Å². The highest BCUT2D eigenvalue weighted by atomic mass is 16.3. The maximum Gasteiger partial charge on any atom is 0.115 e. The van der Waals surface area contributed by atoms with E-state index in [2.05, 4.69) is 19.2 Å². The number of hydrogen-bond acceptors (Lipinski definition) is 3. The van der Waals surface area contributed by atoms with Gasteiger partial charge in [0.05, 0.1) is 0 Å². The van der Waals surface area contributed by atoms with E-state index < -0.39 is 0 Å². The molecule has 0 radical (unpaired) electrons. The van der Waals surface area contributed by atoms with Crippen molar-refractivity contribution in [3.63, 3.8) is 0 Å². The number of benzene rings is 1. The predicted molar refractivity (Wildman–Crippen MR) is 79.4 cm³/mol. The van der Waals surface area contributed by atoms with Crippen molar-refractivity contribution in [2.24, 2.45) is 5.92 Å². The summed E-state index contributed by atoms with van der Waals surface area (Å²) >= 11 is 0. The minimum atomic E-state index is 0.280. The number of hydrogen-bond donors (Lipinski definition) is 3. The van der Waals surface area contributed by atoms with E-state index in [4.69, 9.17) is 5.11 Å². The minimum absolute atomic E-state index is 0.280. The summed E-state index contributed by atoms with van der Waals surface area (Å²) < 4.78 is 0. The monoisotopic (exact) mass is 265 g/mol. The highest BCUT2D eigenvalue weighted by molar-refractivity contribution is 5.25. The molecule has 1 aromatic carbocycles. The number of phenolic OH excluding ortho intramolecular Hbond substituents is 1. The van der Waals surface area contributed by atoms with Crippen LogP contribution in [0.5, 0.6) is 5.75 Å². The molecule has 0 amide bonds. The fraction of sp³-hybridized carbons (Fsp3) is 0.625. The molecule has 2 unspecified atom stereocenters. The molecule has 2 atom stereocenters. The highest BCUT2D eigenvalue weighted by Gasteiger charge is 2.08. The van der Waals surface area contributed by atoms with Gasteiger partial charge in [0, 0.05) is 12.6 Å². The Morgan fingerprint density at radius 1 is 1.16 bits per heavy atom. The third-order valence-electron chi connectivity index (χ3n) is 3.67. The molecule has 0 heterocycles. The number of aliphatic hydroxyl groups excluding tert-OH is 1. The quantitative estimate of drug-likeness (QED) is 0.643. The molecule has 3 nitrogen and oxygen atoms in total. The number of phenols is 1. The molecule has 0 fully saturated rings. The summed E-state index contributed by atoms with van der Waals surface area (Å²) in [7, 11) is 0. The van der Waals surface area contributed by atoms with Crippen LogP contribution in [-0.4, -0.2) is 29.4 Å². The maximum absolute atomic E-state index is 9.22. The fourth-order valence-corrected chi connectivity index (χ4v) is 2.15. The molecule has 0 aromatic heterocycles. The highest BCUT2D eigenvalue weighted by Crippen LogP contribution is 2.12. The van der Waals surface area contributed by atoms with Crippen molar-refractivity contribution in [3.8, 4) is 5.75 Å². The molecule has 108 valence electrons. The summed E-state index contributed by atoms with van der Waals surface area (Å²) in [5, 5.41) is 21.7. The number of nitrogens with one attached hydrogen (secondary N) is 1. The van der Waals surface area contributed by atoms with Crippen LogP contribution < -0.4 is 5.32 Å².